The summed E-state index contributed by atoms with van der Waals surface area (Å²) in [5, 5.41) is 0. The van der Waals surface area contributed by atoms with Crippen LogP contribution in [0.25, 0.3) is 0 Å². The van der Waals surface area contributed by atoms with E-state index in [2.05, 4.69) is 26.2 Å². The zero-order chi connectivity index (χ0) is 28.3. The van der Waals surface area contributed by atoms with Crippen LogP contribution in [0.1, 0.15) is 83.1 Å². The van der Waals surface area contributed by atoms with Crippen LogP contribution in [0.15, 0.2) is 0 Å². The molecule has 0 aliphatic carbocycles. The lowest BCUT2D eigenvalue weighted by molar-refractivity contribution is -0.00209. The van der Waals surface area contributed by atoms with E-state index in [4.69, 9.17) is 35.4 Å². The van der Waals surface area contributed by atoms with Crippen molar-refractivity contribution in [3.8, 4) is 0 Å². The first-order valence-electron chi connectivity index (χ1n) is 13.6. The summed E-state index contributed by atoms with van der Waals surface area (Å²) >= 11 is 0. The highest BCUT2D eigenvalue weighted by Crippen LogP contribution is 2.39. The molecule has 1 aliphatic rings. The van der Waals surface area contributed by atoms with Crippen LogP contribution in [0.2, 0.25) is 26.2 Å². The largest absolute Gasteiger partial charge is 0.413 e. The predicted molar refractivity (Wildman–Crippen MR) is 154 cm³/mol. The Morgan fingerprint density at radius 2 is 0.472 bits per heavy atom. The van der Waals surface area contributed by atoms with Crippen LogP contribution in [0, 0.1) is 0 Å². The Kier molecular flexibility index (Phi) is 12.7. The van der Waals surface area contributed by atoms with Gasteiger partial charge in [-0.15, -0.1) is 0 Å². The number of hydrogen-bond acceptors (Lipinski definition) is 8. The van der Waals surface area contributed by atoms with E-state index in [1.165, 1.54) is 0 Å². The molecule has 1 saturated heterocycles. The summed E-state index contributed by atoms with van der Waals surface area (Å²) in [5.41, 5.74) is -1.01. The zero-order valence-electron chi connectivity index (χ0n) is 25.9. The molecule has 4 atom stereocenters. The zero-order valence-corrected chi connectivity index (χ0v) is 29.9. The molecule has 0 aromatic carbocycles. The average Bonchev–Trinajstić information content (AvgIpc) is 2.64. The lowest BCUT2D eigenvalue weighted by Crippen LogP contribution is -2.77. The minimum atomic E-state index is -3.04. The van der Waals surface area contributed by atoms with E-state index < -0.39 is 34.2 Å². The lowest BCUT2D eigenvalue weighted by atomic mass is 10.5. The fourth-order valence-corrected chi connectivity index (χ4v) is 26.9. The van der Waals surface area contributed by atoms with E-state index in [0.717, 1.165) is 0 Å². The fraction of sp³-hybridized carbons (Fsp3) is 1.00. The first-order chi connectivity index (χ1) is 16.2. The summed E-state index contributed by atoms with van der Waals surface area (Å²) in [6.07, 6.45) is 0.102. The summed E-state index contributed by atoms with van der Waals surface area (Å²) in [7, 11) is -12.2. The molecule has 1 rings (SSSR count). The topological polar surface area (TPSA) is 73.8 Å². The van der Waals surface area contributed by atoms with Gasteiger partial charge in [0.25, 0.3) is 0 Å². The molecule has 0 radical (unpaired) electrons. The van der Waals surface area contributed by atoms with Gasteiger partial charge in [-0.3, -0.25) is 0 Å². The van der Waals surface area contributed by atoms with Gasteiger partial charge >= 0.3 is 34.2 Å². The molecule has 1 heterocycles. The third-order valence-electron chi connectivity index (χ3n) is 6.48. The van der Waals surface area contributed by atoms with Crippen LogP contribution in [0.3, 0.4) is 0 Å². The van der Waals surface area contributed by atoms with Crippen molar-refractivity contribution in [3.05, 3.63) is 0 Å². The van der Waals surface area contributed by atoms with Crippen molar-refractivity contribution in [2.45, 2.75) is 157 Å². The quantitative estimate of drug-likeness (QED) is 0.268. The molecule has 0 N–H and O–H groups in total. The van der Waals surface area contributed by atoms with Gasteiger partial charge in [0.2, 0.25) is 0 Å². The second kappa shape index (κ2) is 13.3. The normalized spacial score (nSPS) is 35.7. The molecule has 0 aromatic heterocycles. The highest BCUT2D eigenvalue weighted by atomic mass is 28.5. The van der Waals surface area contributed by atoms with E-state index in [-0.39, 0.29) is 47.3 Å². The van der Waals surface area contributed by atoms with Crippen LogP contribution in [0.5, 0.6) is 0 Å². The Morgan fingerprint density at radius 3 is 0.583 bits per heavy atom. The van der Waals surface area contributed by atoms with Gasteiger partial charge in [0, 0.05) is 0 Å². The molecule has 0 spiro atoms. The molecule has 36 heavy (non-hydrogen) atoms. The van der Waals surface area contributed by atoms with Gasteiger partial charge in [0.05, 0.1) is 47.3 Å². The van der Waals surface area contributed by atoms with E-state index in [1.54, 1.807) is 0 Å². The molecule has 0 bridgehead atoms. The second-order valence-corrected chi connectivity index (χ2v) is 26.4. The maximum absolute atomic E-state index is 7.15. The molecule has 216 valence electrons. The van der Waals surface area contributed by atoms with Gasteiger partial charge in [-0.05, 0) is 109 Å². The Morgan fingerprint density at radius 1 is 0.333 bits per heavy atom. The van der Waals surface area contributed by atoms with Crippen LogP contribution in [0.4, 0.5) is 0 Å². The van der Waals surface area contributed by atoms with E-state index in [1.807, 2.05) is 83.1 Å². The molecule has 1 aliphatic heterocycles. The van der Waals surface area contributed by atoms with E-state index >= 15 is 0 Å². The summed E-state index contributed by atoms with van der Waals surface area (Å²) < 4.78 is 53.8. The molecule has 0 aromatic rings. The van der Waals surface area contributed by atoms with Crippen molar-refractivity contribution in [2.24, 2.45) is 0 Å². The van der Waals surface area contributed by atoms with Crippen molar-refractivity contribution in [1.29, 1.82) is 0 Å². The van der Waals surface area contributed by atoms with Crippen molar-refractivity contribution >= 4 is 34.2 Å². The van der Waals surface area contributed by atoms with Crippen molar-refractivity contribution in [1.82, 2.24) is 0 Å². The molecule has 0 saturated carbocycles. The van der Waals surface area contributed by atoms with Gasteiger partial charge in [-0.25, -0.2) is 0 Å². The Hall–Kier alpha value is 0.548. The molecule has 4 unspecified atom stereocenters. The van der Waals surface area contributed by atoms with Crippen molar-refractivity contribution in [3.63, 3.8) is 0 Å². The first-order valence-corrected chi connectivity index (χ1v) is 23.2. The van der Waals surface area contributed by atoms with Gasteiger partial charge in [-0.2, -0.15) is 0 Å². The summed E-state index contributed by atoms with van der Waals surface area (Å²) in [4.78, 5) is 0. The summed E-state index contributed by atoms with van der Waals surface area (Å²) in [5.74, 6) is 0. The maximum atomic E-state index is 7.15. The molecule has 12 heteroatoms. The standard InChI is InChI=1S/C24H56O8Si4/c1-17(2)25-21(9)33(13)29-34(14,22(10)26-18(3)4)31-36(16,24(12)28-20(7)8)32-35(15,30-33)23(11)27-19(5)6/h17-24H,1-16H3. The van der Waals surface area contributed by atoms with Gasteiger partial charge < -0.3 is 35.4 Å². The van der Waals surface area contributed by atoms with Crippen LogP contribution in [-0.2, 0) is 35.4 Å². The monoisotopic (exact) mass is 584 g/mol. The van der Waals surface area contributed by atoms with Gasteiger partial charge in [0.1, 0.15) is 0 Å². The van der Waals surface area contributed by atoms with Gasteiger partial charge in [0.15, 0.2) is 0 Å². The highest BCUT2D eigenvalue weighted by molar-refractivity contribution is 6.95. The molecule has 1 fully saturated rings. The number of ether oxygens (including phenoxy) is 4. The predicted octanol–water partition coefficient (Wildman–Crippen LogP) is 5.77. The third kappa shape index (κ3) is 9.33. The average molecular weight is 585 g/mol. The Bertz CT molecular complexity index is 559. The SMILES string of the molecule is CC(C)OC(C)[Si]1(C)O[Si](C)(C(C)OC(C)C)O[Si](C)(C(C)OC(C)C)O[Si](C)(C(C)OC(C)C)O1. The van der Waals surface area contributed by atoms with E-state index in [9.17, 15) is 0 Å². The molecular formula is C24H56O8Si4. The van der Waals surface area contributed by atoms with Crippen LogP contribution >= 0.6 is 0 Å². The lowest BCUT2D eigenvalue weighted by Gasteiger charge is -2.54. The minimum absolute atomic E-state index is 0.0254. The van der Waals surface area contributed by atoms with E-state index in [0.29, 0.717) is 0 Å². The number of hydrogen-bond donors (Lipinski definition) is 0. The van der Waals surface area contributed by atoms with Gasteiger partial charge in [-0.1, -0.05) is 0 Å². The fourth-order valence-electron chi connectivity index (χ4n) is 4.48. The first kappa shape index (κ1) is 34.6. The van der Waals surface area contributed by atoms with Crippen molar-refractivity contribution in [2.75, 3.05) is 0 Å². The Balaban J connectivity index is 3.72. The molecule has 0 amide bonds. The van der Waals surface area contributed by atoms with Crippen molar-refractivity contribution < 1.29 is 35.4 Å². The molecule has 8 nitrogen and oxygen atoms in total. The Labute approximate surface area is 226 Å². The smallest absolute Gasteiger partial charge is 0.347 e. The minimum Gasteiger partial charge on any atom is -0.413 e. The number of rotatable bonds is 12. The third-order valence-corrected chi connectivity index (χ3v) is 25.9. The highest BCUT2D eigenvalue weighted by Gasteiger charge is 2.64. The second-order valence-electron chi connectivity index (χ2n) is 11.8. The summed E-state index contributed by atoms with van der Waals surface area (Å²) in [6.45, 7) is 32.7. The summed E-state index contributed by atoms with van der Waals surface area (Å²) in [6, 6.07) is 0. The van der Waals surface area contributed by atoms with Crippen LogP contribution in [-0.4, -0.2) is 81.6 Å². The molecular weight excluding hydrogens is 529 g/mol. The maximum Gasteiger partial charge on any atom is 0.347 e. The van der Waals surface area contributed by atoms with Crippen LogP contribution < -0.4 is 0 Å².